The Kier molecular flexibility index (Phi) is 4.74. The SMILES string of the molecule is CC(C)CN(c1ccncc1CN)C(C)C. The van der Waals surface area contributed by atoms with Crippen LogP contribution in [0, 0.1) is 5.92 Å². The van der Waals surface area contributed by atoms with Gasteiger partial charge in [-0.25, -0.2) is 0 Å². The van der Waals surface area contributed by atoms with Crippen LogP contribution in [0.3, 0.4) is 0 Å². The molecule has 0 aliphatic rings. The Morgan fingerprint density at radius 1 is 1.31 bits per heavy atom. The van der Waals surface area contributed by atoms with E-state index in [1.165, 1.54) is 5.69 Å². The third-order valence-corrected chi connectivity index (χ3v) is 2.59. The molecule has 0 saturated carbocycles. The van der Waals surface area contributed by atoms with E-state index in [2.05, 4.69) is 43.6 Å². The molecule has 1 rings (SSSR count). The zero-order chi connectivity index (χ0) is 12.1. The van der Waals surface area contributed by atoms with Crippen molar-refractivity contribution in [3.8, 4) is 0 Å². The summed E-state index contributed by atoms with van der Waals surface area (Å²) in [5, 5.41) is 0. The van der Waals surface area contributed by atoms with Gasteiger partial charge in [0.2, 0.25) is 0 Å². The van der Waals surface area contributed by atoms with Crippen molar-refractivity contribution in [1.82, 2.24) is 4.98 Å². The Morgan fingerprint density at radius 2 is 2.00 bits per heavy atom. The van der Waals surface area contributed by atoms with Crippen LogP contribution in [-0.4, -0.2) is 17.6 Å². The summed E-state index contributed by atoms with van der Waals surface area (Å²) < 4.78 is 0. The second-order valence-corrected chi connectivity index (χ2v) is 4.85. The molecule has 0 aromatic carbocycles. The summed E-state index contributed by atoms with van der Waals surface area (Å²) in [5.74, 6) is 0.640. The van der Waals surface area contributed by atoms with Gasteiger partial charge in [-0.1, -0.05) is 13.8 Å². The molecule has 0 spiro atoms. The molecule has 0 atom stereocenters. The molecule has 2 N–H and O–H groups in total. The fourth-order valence-electron chi connectivity index (χ4n) is 1.84. The van der Waals surface area contributed by atoms with Crippen molar-refractivity contribution in [2.75, 3.05) is 11.4 Å². The van der Waals surface area contributed by atoms with Gasteiger partial charge in [0.15, 0.2) is 0 Å². The van der Waals surface area contributed by atoms with Gasteiger partial charge in [-0.05, 0) is 25.8 Å². The summed E-state index contributed by atoms with van der Waals surface area (Å²) in [4.78, 5) is 6.53. The fourth-order valence-corrected chi connectivity index (χ4v) is 1.84. The van der Waals surface area contributed by atoms with Crippen LogP contribution in [0.25, 0.3) is 0 Å². The molecule has 1 aromatic rings. The second kappa shape index (κ2) is 5.85. The topological polar surface area (TPSA) is 42.2 Å². The summed E-state index contributed by atoms with van der Waals surface area (Å²) in [6.07, 6.45) is 3.70. The van der Waals surface area contributed by atoms with E-state index in [9.17, 15) is 0 Å². The third kappa shape index (κ3) is 3.20. The van der Waals surface area contributed by atoms with E-state index < -0.39 is 0 Å². The number of rotatable bonds is 5. The molecular weight excluding hydrogens is 198 g/mol. The number of nitrogens with zero attached hydrogens (tertiary/aromatic N) is 2. The first-order valence-corrected chi connectivity index (χ1v) is 5.95. The van der Waals surface area contributed by atoms with Crippen molar-refractivity contribution in [3.63, 3.8) is 0 Å². The summed E-state index contributed by atoms with van der Waals surface area (Å²) in [5.41, 5.74) is 8.10. The zero-order valence-corrected chi connectivity index (χ0v) is 10.8. The summed E-state index contributed by atoms with van der Waals surface area (Å²) in [6.45, 7) is 10.5. The molecule has 90 valence electrons. The largest absolute Gasteiger partial charge is 0.368 e. The highest BCUT2D eigenvalue weighted by Gasteiger charge is 2.14. The molecular formula is C13H23N3. The van der Waals surface area contributed by atoms with Crippen molar-refractivity contribution in [2.24, 2.45) is 11.7 Å². The smallest absolute Gasteiger partial charge is 0.0445 e. The minimum absolute atomic E-state index is 0.482. The van der Waals surface area contributed by atoms with Crippen LogP contribution in [0.4, 0.5) is 5.69 Å². The predicted molar refractivity (Wildman–Crippen MR) is 69.4 cm³/mol. The first-order valence-electron chi connectivity index (χ1n) is 5.95. The van der Waals surface area contributed by atoms with Crippen molar-refractivity contribution in [3.05, 3.63) is 24.0 Å². The maximum atomic E-state index is 5.75. The van der Waals surface area contributed by atoms with Gasteiger partial charge in [0.1, 0.15) is 0 Å². The molecule has 1 heterocycles. The maximum absolute atomic E-state index is 5.75. The Labute approximate surface area is 98.7 Å². The van der Waals surface area contributed by atoms with Crippen molar-refractivity contribution in [1.29, 1.82) is 0 Å². The third-order valence-electron chi connectivity index (χ3n) is 2.59. The second-order valence-electron chi connectivity index (χ2n) is 4.85. The number of nitrogens with two attached hydrogens (primary N) is 1. The standard InChI is InChI=1S/C13H23N3/c1-10(2)9-16(11(3)4)13-5-6-15-8-12(13)7-14/h5-6,8,10-11H,7,9,14H2,1-4H3. The van der Waals surface area contributed by atoms with E-state index in [4.69, 9.17) is 5.73 Å². The van der Waals surface area contributed by atoms with Gasteiger partial charge in [0.05, 0.1) is 0 Å². The molecule has 3 heteroatoms. The van der Waals surface area contributed by atoms with Gasteiger partial charge in [-0.3, -0.25) is 4.98 Å². The molecule has 3 nitrogen and oxygen atoms in total. The van der Waals surface area contributed by atoms with E-state index in [0.717, 1.165) is 12.1 Å². The van der Waals surface area contributed by atoms with Crippen LogP contribution < -0.4 is 10.6 Å². The van der Waals surface area contributed by atoms with Crippen molar-refractivity contribution >= 4 is 5.69 Å². The van der Waals surface area contributed by atoms with E-state index >= 15 is 0 Å². The van der Waals surface area contributed by atoms with Crippen LogP contribution >= 0.6 is 0 Å². The minimum atomic E-state index is 0.482. The van der Waals surface area contributed by atoms with Crippen molar-refractivity contribution < 1.29 is 0 Å². The summed E-state index contributed by atoms with van der Waals surface area (Å²) in [7, 11) is 0. The lowest BCUT2D eigenvalue weighted by atomic mass is 10.1. The van der Waals surface area contributed by atoms with Gasteiger partial charge in [0.25, 0.3) is 0 Å². The first-order chi connectivity index (χ1) is 7.56. The van der Waals surface area contributed by atoms with E-state index in [0.29, 0.717) is 18.5 Å². The average Bonchev–Trinajstić information content (AvgIpc) is 2.25. The molecule has 0 bridgehead atoms. The number of anilines is 1. The lowest BCUT2D eigenvalue weighted by Crippen LogP contribution is -2.35. The van der Waals surface area contributed by atoms with Crippen LogP contribution in [0.1, 0.15) is 33.3 Å². The predicted octanol–water partition coefficient (Wildman–Crippen LogP) is 2.41. The molecule has 0 unspecified atom stereocenters. The summed E-state index contributed by atoms with van der Waals surface area (Å²) in [6, 6.07) is 2.54. The summed E-state index contributed by atoms with van der Waals surface area (Å²) >= 11 is 0. The Bertz CT molecular complexity index is 321. The normalized spacial score (nSPS) is 11.2. The lowest BCUT2D eigenvalue weighted by Gasteiger charge is -2.32. The van der Waals surface area contributed by atoms with E-state index in [1.54, 1.807) is 0 Å². The molecule has 1 aromatic heterocycles. The minimum Gasteiger partial charge on any atom is -0.368 e. The number of hydrogen-bond donors (Lipinski definition) is 1. The van der Waals surface area contributed by atoms with Gasteiger partial charge >= 0.3 is 0 Å². The van der Waals surface area contributed by atoms with Gasteiger partial charge in [-0.15, -0.1) is 0 Å². The molecule has 16 heavy (non-hydrogen) atoms. The molecule has 0 aliphatic carbocycles. The van der Waals surface area contributed by atoms with Crippen LogP contribution in [0.5, 0.6) is 0 Å². The quantitative estimate of drug-likeness (QED) is 0.830. The molecule has 0 radical (unpaired) electrons. The van der Waals surface area contributed by atoms with E-state index in [-0.39, 0.29) is 0 Å². The zero-order valence-electron chi connectivity index (χ0n) is 10.8. The number of pyridine rings is 1. The van der Waals surface area contributed by atoms with Crippen LogP contribution in [0.2, 0.25) is 0 Å². The highest BCUT2D eigenvalue weighted by atomic mass is 15.2. The Hall–Kier alpha value is -1.09. The molecule has 0 saturated heterocycles. The van der Waals surface area contributed by atoms with E-state index in [1.807, 2.05) is 12.4 Å². The number of aromatic nitrogens is 1. The monoisotopic (exact) mass is 221 g/mol. The first kappa shape index (κ1) is 13.0. The van der Waals surface area contributed by atoms with Crippen molar-refractivity contribution in [2.45, 2.75) is 40.3 Å². The Balaban J connectivity index is 3.00. The van der Waals surface area contributed by atoms with Gasteiger partial charge in [0, 0.05) is 42.8 Å². The number of hydrogen-bond acceptors (Lipinski definition) is 3. The van der Waals surface area contributed by atoms with Gasteiger partial charge in [-0.2, -0.15) is 0 Å². The highest BCUT2D eigenvalue weighted by Crippen LogP contribution is 2.22. The molecule has 0 amide bonds. The van der Waals surface area contributed by atoms with Gasteiger partial charge < -0.3 is 10.6 Å². The molecule has 0 fully saturated rings. The lowest BCUT2D eigenvalue weighted by molar-refractivity contribution is 0.569. The average molecular weight is 221 g/mol. The highest BCUT2D eigenvalue weighted by molar-refractivity contribution is 5.52. The fraction of sp³-hybridized carbons (Fsp3) is 0.615. The Morgan fingerprint density at radius 3 is 2.50 bits per heavy atom. The van der Waals surface area contributed by atoms with Crippen LogP contribution in [0.15, 0.2) is 18.5 Å². The molecule has 0 aliphatic heterocycles. The maximum Gasteiger partial charge on any atom is 0.0445 e. The van der Waals surface area contributed by atoms with Crippen LogP contribution in [-0.2, 0) is 6.54 Å².